The first-order valence-electron chi connectivity index (χ1n) is 3.99. The summed E-state index contributed by atoms with van der Waals surface area (Å²) < 4.78 is 0. The van der Waals surface area contributed by atoms with Gasteiger partial charge in [0.05, 0.1) is 29.5 Å². The van der Waals surface area contributed by atoms with Gasteiger partial charge in [-0.1, -0.05) is 6.07 Å². The number of aliphatic hydroxyl groups excluding tert-OH is 1. The first-order valence-corrected chi connectivity index (χ1v) is 4.37. The second kappa shape index (κ2) is 3.40. The molecule has 0 spiro atoms. The molecule has 1 aromatic heterocycles. The fourth-order valence-electron chi connectivity index (χ4n) is 1.38. The fourth-order valence-corrected chi connectivity index (χ4v) is 1.54. The summed E-state index contributed by atoms with van der Waals surface area (Å²) in [5.41, 5.74) is 2.19. The molecule has 0 atom stereocenters. The van der Waals surface area contributed by atoms with Gasteiger partial charge in [0, 0.05) is 5.56 Å². The van der Waals surface area contributed by atoms with Gasteiger partial charge in [-0.25, -0.2) is 4.98 Å². The maximum atomic E-state index is 11.0. The number of aromatic nitrogens is 2. The van der Waals surface area contributed by atoms with E-state index < -0.39 is 5.24 Å². The van der Waals surface area contributed by atoms with Crippen LogP contribution >= 0.6 is 11.6 Å². The summed E-state index contributed by atoms with van der Waals surface area (Å²) in [6.07, 6.45) is 1.47. The van der Waals surface area contributed by atoms with Crippen molar-refractivity contribution in [3.63, 3.8) is 0 Å². The zero-order chi connectivity index (χ0) is 10.1. The average molecular weight is 211 g/mol. The third-order valence-electron chi connectivity index (χ3n) is 2.05. The highest BCUT2D eigenvalue weighted by molar-refractivity contribution is 6.68. The minimum Gasteiger partial charge on any atom is -0.392 e. The average Bonchev–Trinajstić information content (AvgIpc) is 2.64. The van der Waals surface area contributed by atoms with Gasteiger partial charge in [0.2, 0.25) is 0 Å². The SMILES string of the molecule is O=C(Cl)c1ccc(CO)c2nc[nH]c12. The van der Waals surface area contributed by atoms with E-state index in [0.29, 0.717) is 22.2 Å². The molecule has 2 aromatic rings. The number of H-pyrrole nitrogens is 1. The normalized spacial score (nSPS) is 10.7. The molecule has 2 rings (SSSR count). The standard InChI is InChI=1S/C9H7ClN2O2/c10-9(14)6-2-1-5(3-13)7-8(6)12-4-11-7/h1-2,4,13H,3H2,(H,11,12). The van der Waals surface area contributed by atoms with E-state index in [0.717, 1.165) is 0 Å². The lowest BCUT2D eigenvalue weighted by Gasteiger charge is -2.00. The summed E-state index contributed by atoms with van der Waals surface area (Å²) in [5, 5.41) is 8.47. The fraction of sp³-hybridized carbons (Fsp3) is 0.111. The van der Waals surface area contributed by atoms with Crippen molar-refractivity contribution in [3.05, 3.63) is 29.6 Å². The zero-order valence-corrected chi connectivity index (χ0v) is 7.88. The van der Waals surface area contributed by atoms with Crippen molar-refractivity contribution < 1.29 is 9.90 Å². The highest BCUT2D eigenvalue weighted by Crippen LogP contribution is 2.20. The van der Waals surface area contributed by atoms with E-state index in [1.54, 1.807) is 12.1 Å². The zero-order valence-electron chi connectivity index (χ0n) is 7.12. The Kier molecular flexibility index (Phi) is 2.23. The van der Waals surface area contributed by atoms with Crippen LogP contribution in [0.4, 0.5) is 0 Å². The van der Waals surface area contributed by atoms with Gasteiger partial charge in [-0.05, 0) is 17.7 Å². The maximum Gasteiger partial charge on any atom is 0.254 e. The van der Waals surface area contributed by atoms with Crippen LogP contribution in [0.25, 0.3) is 11.0 Å². The third-order valence-corrected chi connectivity index (χ3v) is 2.25. The molecule has 1 aromatic carbocycles. The first-order chi connectivity index (χ1) is 6.74. The lowest BCUT2D eigenvalue weighted by molar-refractivity contribution is 0.108. The Labute approximate surface area is 84.5 Å². The number of fused-ring (bicyclic) bond motifs is 1. The minimum absolute atomic E-state index is 0.113. The predicted octanol–water partition coefficient (Wildman–Crippen LogP) is 1.43. The number of imidazole rings is 1. The van der Waals surface area contributed by atoms with Crippen molar-refractivity contribution in [1.82, 2.24) is 9.97 Å². The highest BCUT2D eigenvalue weighted by Gasteiger charge is 2.11. The number of carbonyl (C=O) groups is 1. The van der Waals surface area contributed by atoms with E-state index in [9.17, 15) is 4.79 Å². The lowest BCUT2D eigenvalue weighted by atomic mass is 10.1. The van der Waals surface area contributed by atoms with Crippen molar-refractivity contribution in [2.45, 2.75) is 6.61 Å². The van der Waals surface area contributed by atoms with Crippen molar-refractivity contribution in [2.75, 3.05) is 0 Å². The highest BCUT2D eigenvalue weighted by atomic mass is 35.5. The second-order valence-electron chi connectivity index (χ2n) is 2.83. The molecule has 14 heavy (non-hydrogen) atoms. The van der Waals surface area contributed by atoms with Gasteiger partial charge in [-0.2, -0.15) is 0 Å². The number of aromatic amines is 1. The van der Waals surface area contributed by atoms with Gasteiger partial charge in [0.1, 0.15) is 0 Å². The van der Waals surface area contributed by atoms with Gasteiger partial charge >= 0.3 is 0 Å². The van der Waals surface area contributed by atoms with E-state index >= 15 is 0 Å². The molecule has 0 aliphatic rings. The van der Waals surface area contributed by atoms with Crippen LogP contribution in [0, 0.1) is 0 Å². The molecule has 0 radical (unpaired) electrons. The number of nitrogens with zero attached hydrogens (tertiary/aromatic N) is 1. The number of benzene rings is 1. The number of rotatable bonds is 2. The molecular formula is C9H7ClN2O2. The van der Waals surface area contributed by atoms with E-state index in [-0.39, 0.29) is 6.61 Å². The van der Waals surface area contributed by atoms with Crippen molar-refractivity contribution >= 4 is 27.9 Å². The van der Waals surface area contributed by atoms with Gasteiger partial charge < -0.3 is 10.1 Å². The van der Waals surface area contributed by atoms with Crippen LogP contribution in [-0.4, -0.2) is 20.3 Å². The monoisotopic (exact) mass is 210 g/mol. The van der Waals surface area contributed by atoms with E-state index in [1.165, 1.54) is 6.33 Å². The topological polar surface area (TPSA) is 66.0 Å². The summed E-state index contributed by atoms with van der Waals surface area (Å²) >= 11 is 5.39. The molecular weight excluding hydrogens is 204 g/mol. The van der Waals surface area contributed by atoms with E-state index in [1.807, 2.05) is 0 Å². The molecule has 4 nitrogen and oxygen atoms in total. The Bertz CT molecular complexity index is 493. The minimum atomic E-state index is -0.538. The molecule has 0 bridgehead atoms. The Morgan fingerprint density at radius 3 is 3.00 bits per heavy atom. The van der Waals surface area contributed by atoms with E-state index in [4.69, 9.17) is 16.7 Å². The number of halogens is 1. The summed E-state index contributed by atoms with van der Waals surface area (Å²) in [7, 11) is 0. The molecule has 5 heteroatoms. The number of carbonyl (C=O) groups excluding carboxylic acids is 1. The van der Waals surface area contributed by atoms with E-state index in [2.05, 4.69) is 9.97 Å². The van der Waals surface area contributed by atoms with Crippen LogP contribution in [-0.2, 0) is 6.61 Å². The van der Waals surface area contributed by atoms with Crippen LogP contribution in [0.3, 0.4) is 0 Å². The van der Waals surface area contributed by atoms with Gasteiger partial charge in [-0.15, -0.1) is 0 Å². The second-order valence-corrected chi connectivity index (χ2v) is 3.17. The summed E-state index contributed by atoms with van der Waals surface area (Å²) in [6.45, 7) is -0.113. The van der Waals surface area contributed by atoms with Crippen molar-refractivity contribution in [3.8, 4) is 0 Å². The summed E-state index contributed by atoms with van der Waals surface area (Å²) in [5.74, 6) is 0. The van der Waals surface area contributed by atoms with Crippen LogP contribution in [0.15, 0.2) is 18.5 Å². The molecule has 0 fully saturated rings. The smallest absolute Gasteiger partial charge is 0.254 e. The molecule has 0 aliphatic carbocycles. The predicted molar refractivity (Wildman–Crippen MR) is 52.2 cm³/mol. The Morgan fingerprint density at radius 1 is 1.57 bits per heavy atom. The summed E-state index contributed by atoms with van der Waals surface area (Å²) in [6, 6.07) is 3.21. The molecule has 2 N–H and O–H groups in total. The molecule has 1 heterocycles. The largest absolute Gasteiger partial charge is 0.392 e. The molecule has 0 saturated carbocycles. The number of hydrogen-bond donors (Lipinski definition) is 2. The van der Waals surface area contributed by atoms with Gasteiger partial charge in [-0.3, -0.25) is 4.79 Å². The number of hydrogen-bond acceptors (Lipinski definition) is 3. The van der Waals surface area contributed by atoms with Crippen LogP contribution in [0.2, 0.25) is 0 Å². The Hall–Kier alpha value is -1.39. The Morgan fingerprint density at radius 2 is 2.36 bits per heavy atom. The third kappa shape index (κ3) is 1.29. The van der Waals surface area contributed by atoms with Gasteiger partial charge in [0.15, 0.2) is 0 Å². The van der Waals surface area contributed by atoms with Crippen LogP contribution < -0.4 is 0 Å². The number of aliphatic hydroxyl groups is 1. The molecule has 0 aliphatic heterocycles. The number of nitrogens with one attached hydrogen (secondary N) is 1. The first kappa shape index (κ1) is 9.18. The maximum absolute atomic E-state index is 11.0. The van der Waals surface area contributed by atoms with Crippen molar-refractivity contribution in [1.29, 1.82) is 0 Å². The lowest BCUT2D eigenvalue weighted by Crippen LogP contribution is -1.94. The van der Waals surface area contributed by atoms with Gasteiger partial charge in [0.25, 0.3) is 5.24 Å². The molecule has 72 valence electrons. The molecule has 0 amide bonds. The molecule has 0 unspecified atom stereocenters. The molecule has 0 saturated heterocycles. The van der Waals surface area contributed by atoms with Crippen LogP contribution in [0.5, 0.6) is 0 Å². The van der Waals surface area contributed by atoms with Crippen molar-refractivity contribution in [2.24, 2.45) is 0 Å². The Balaban J connectivity index is 2.78. The summed E-state index contributed by atoms with van der Waals surface area (Å²) in [4.78, 5) is 17.8. The van der Waals surface area contributed by atoms with Crippen LogP contribution in [0.1, 0.15) is 15.9 Å². The quantitative estimate of drug-likeness (QED) is 0.737.